The van der Waals surface area contributed by atoms with E-state index in [2.05, 4.69) is 4.98 Å². The maximum Gasteiger partial charge on any atom is 0.406 e. The molecule has 1 amide bonds. The Hall–Kier alpha value is -1.79. The van der Waals surface area contributed by atoms with Gasteiger partial charge in [0.2, 0.25) is 0 Å². The minimum Gasteiger partial charge on any atom is -0.378 e. The maximum atomic E-state index is 12.6. The van der Waals surface area contributed by atoms with E-state index in [-0.39, 0.29) is 18.2 Å². The second-order valence-electron chi connectivity index (χ2n) is 5.54. The van der Waals surface area contributed by atoms with Gasteiger partial charge < -0.3 is 9.80 Å². The van der Waals surface area contributed by atoms with Gasteiger partial charge in [-0.25, -0.2) is 0 Å². The van der Waals surface area contributed by atoms with Crippen molar-refractivity contribution in [2.75, 3.05) is 32.1 Å². The van der Waals surface area contributed by atoms with Crippen molar-refractivity contribution in [2.24, 2.45) is 5.92 Å². The highest BCUT2D eigenvalue weighted by Crippen LogP contribution is 2.31. The fourth-order valence-electron chi connectivity index (χ4n) is 2.02. The zero-order valence-corrected chi connectivity index (χ0v) is 12.0. The van der Waals surface area contributed by atoms with E-state index in [1.165, 1.54) is 12.3 Å². The summed E-state index contributed by atoms with van der Waals surface area (Å²) >= 11 is 0. The quantitative estimate of drug-likeness (QED) is 0.838. The van der Waals surface area contributed by atoms with Gasteiger partial charge in [-0.2, -0.15) is 13.2 Å². The molecule has 0 aliphatic heterocycles. The molecule has 21 heavy (non-hydrogen) atoms. The fourth-order valence-corrected chi connectivity index (χ4v) is 2.02. The van der Waals surface area contributed by atoms with Crippen LogP contribution in [0.15, 0.2) is 18.3 Å². The number of alkyl halides is 3. The summed E-state index contributed by atoms with van der Waals surface area (Å²) in [6.07, 6.45) is -1.20. The van der Waals surface area contributed by atoms with E-state index in [0.29, 0.717) is 0 Å². The zero-order valence-electron chi connectivity index (χ0n) is 12.0. The van der Waals surface area contributed by atoms with Gasteiger partial charge >= 0.3 is 6.18 Å². The summed E-state index contributed by atoms with van der Waals surface area (Å²) in [4.78, 5) is 18.9. The van der Waals surface area contributed by atoms with Gasteiger partial charge in [-0.3, -0.25) is 9.78 Å². The van der Waals surface area contributed by atoms with Crippen molar-refractivity contribution in [3.8, 4) is 0 Å². The first-order valence-corrected chi connectivity index (χ1v) is 6.75. The van der Waals surface area contributed by atoms with Crippen molar-refractivity contribution in [2.45, 2.75) is 19.0 Å². The number of pyridine rings is 1. The molecule has 1 aliphatic carbocycles. The second-order valence-corrected chi connectivity index (χ2v) is 5.54. The Balaban J connectivity index is 2.18. The van der Waals surface area contributed by atoms with E-state index < -0.39 is 18.6 Å². The van der Waals surface area contributed by atoms with Crippen LogP contribution < -0.4 is 4.90 Å². The first-order valence-electron chi connectivity index (χ1n) is 6.75. The van der Waals surface area contributed by atoms with E-state index in [1.54, 1.807) is 25.1 Å². The average Bonchev–Trinajstić information content (AvgIpc) is 3.19. The molecule has 7 heteroatoms. The van der Waals surface area contributed by atoms with Gasteiger partial charge in [0.25, 0.3) is 5.91 Å². The highest BCUT2D eigenvalue weighted by Gasteiger charge is 2.36. The van der Waals surface area contributed by atoms with E-state index in [9.17, 15) is 18.0 Å². The maximum absolute atomic E-state index is 12.6. The molecule has 0 radical (unpaired) electrons. The van der Waals surface area contributed by atoms with Crippen LogP contribution in [-0.4, -0.2) is 49.2 Å². The number of nitrogens with zero attached hydrogens (tertiary/aromatic N) is 3. The molecule has 0 N–H and O–H groups in total. The summed E-state index contributed by atoms with van der Waals surface area (Å²) in [7, 11) is 3.59. The molecule has 1 saturated carbocycles. The normalized spacial score (nSPS) is 14.9. The SMILES string of the molecule is CN(C)c1ccnc(C(=O)N(CC2CC2)CC(F)(F)F)c1. The van der Waals surface area contributed by atoms with Gasteiger partial charge in [-0.1, -0.05) is 0 Å². The lowest BCUT2D eigenvalue weighted by Crippen LogP contribution is -2.40. The molecule has 1 fully saturated rings. The van der Waals surface area contributed by atoms with Crippen LogP contribution >= 0.6 is 0 Å². The zero-order chi connectivity index (χ0) is 15.6. The molecule has 1 heterocycles. The predicted molar refractivity (Wildman–Crippen MR) is 73.2 cm³/mol. The molecule has 1 aliphatic rings. The van der Waals surface area contributed by atoms with E-state index >= 15 is 0 Å². The molecule has 0 unspecified atom stereocenters. The van der Waals surface area contributed by atoms with Crippen LogP contribution in [0.25, 0.3) is 0 Å². The minimum atomic E-state index is -4.40. The summed E-state index contributed by atoms with van der Waals surface area (Å²) in [6, 6.07) is 3.21. The van der Waals surface area contributed by atoms with Crippen molar-refractivity contribution in [3.63, 3.8) is 0 Å². The molecular weight excluding hydrogens is 283 g/mol. The molecule has 116 valence electrons. The predicted octanol–water partition coefficient (Wildman–Crippen LogP) is 2.56. The Bertz CT molecular complexity index is 512. The first-order chi connectivity index (χ1) is 9.76. The molecule has 0 spiro atoms. The Kier molecular flexibility index (Phi) is 4.39. The van der Waals surface area contributed by atoms with Crippen molar-refractivity contribution >= 4 is 11.6 Å². The number of amides is 1. The van der Waals surface area contributed by atoms with Crippen LogP contribution in [0.4, 0.5) is 18.9 Å². The standard InChI is InChI=1S/C14H18F3N3O/c1-19(2)11-5-6-18-12(7-11)13(21)20(8-10-3-4-10)9-14(15,16)17/h5-7,10H,3-4,8-9H2,1-2H3. The van der Waals surface area contributed by atoms with Crippen LogP contribution in [0.3, 0.4) is 0 Å². The molecule has 0 bridgehead atoms. The minimum absolute atomic E-state index is 0.0473. The van der Waals surface area contributed by atoms with Gasteiger partial charge in [0.05, 0.1) is 0 Å². The van der Waals surface area contributed by atoms with Crippen molar-refractivity contribution in [1.82, 2.24) is 9.88 Å². The molecule has 0 atom stereocenters. The van der Waals surface area contributed by atoms with Crippen molar-refractivity contribution in [1.29, 1.82) is 0 Å². The molecule has 1 aromatic rings. The Labute approximate surface area is 121 Å². The fraction of sp³-hybridized carbons (Fsp3) is 0.571. The average molecular weight is 301 g/mol. The Morgan fingerprint density at radius 2 is 2.05 bits per heavy atom. The Morgan fingerprint density at radius 1 is 1.38 bits per heavy atom. The van der Waals surface area contributed by atoms with Crippen molar-refractivity contribution in [3.05, 3.63) is 24.0 Å². The van der Waals surface area contributed by atoms with Gasteiger partial charge in [0, 0.05) is 32.5 Å². The molecule has 0 aromatic carbocycles. The monoisotopic (exact) mass is 301 g/mol. The summed E-state index contributed by atoms with van der Waals surface area (Å²) in [5.74, 6) is -0.476. The van der Waals surface area contributed by atoms with Crippen LogP contribution in [0, 0.1) is 5.92 Å². The lowest BCUT2D eigenvalue weighted by molar-refractivity contribution is -0.141. The van der Waals surface area contributed by atoms with Gasteiger partial charge in [-0.05, 0) is 30.9 Å². The Morgan fingerprint density at radius 3 is 2.57 bits per heavy atom. The largest absolute Gasteiger partial charge is 0.406 e. The molecule has 4 nitrogen and oxygen atoms in total. The molecule has 0 saturated heterocycles. The van der Waals surface area contributed by atoms with Crippen LogP contribution in [0.2, 0.25) is 0 Å². The number of rotatable bonds is 5. The number of halogens is 3. The third-order valence-corrected chi connectivity index (χ3v) is 3.31. The number of aromatic nitrogens is 1. The summed E-state index contributed by atoms with van der Waals surface area (Å²) in [6.45, 7) is -1.08. The lowest BCUT2D eigenvalue weighted by Gasteiger charge is -2.24. The van der Waals surface area contributed by atoms with Gasteiger partial charge in [0.15, 0.2) is 0 Å². The third-order valence-electron chi connectivity index (χ3n) is 3.31. The van der Waals surface area contributed by atoms with E-state index in [4.69, 9.17) is 0 Å². The van der Waals surface area contributed by atoms with Gasteiger partial charge in [-0.15, -0.1) is 0 Å². The first kappa shape index (κ1) is 15.6. The number of hydrogen-bond donors (Lipinski definition) is 0. The van der Waals surface area contributed by atoms with Crippen LogP contribution in [0.1, 0.15) is 23.3 Å². The summed E-state index contributed by atoms with van der Waals surface area (Å²) in [5, 5.41) is 0. The second kappa shape index (κ2) is 5.91. The van der Waals surface area contributed by atoms with Crippen LogP contribution in [-0.2, 0) is 0 Å². The van der Waals surface area contributed by atoms with E-state index in [1.807, 2.05) is 0 Å². The highest BCUT2D eigenvalue weighted by atomic mass is 19.4. The third kappa shape index (κ3) is 4.61. The smallest absolute Gasteiger partial charge is 0.378 e. The topological polar surface area (TPSA) is 36.4 Å². The van der Waals surface area contributed by atoms with E-state index in [0.717, 1.165) is 23.4 Å². The summed E-state index contributed by atoms with van der Waals surface area (Å²) < 4.78 is 37.9. The number of anilines is 1. The van der Waals surface area contributed by atoms with Crippen molar-refractivity contribution < 1.29 is 18.0 Å². The number of carbonyl (C=O) groups is 1. The van der Waals surface area contributed by atoms with Gasteiger partial charge in [0.1, 0.15) is 12.2 Å². The highest BCUT2D eigenvalue weighted by molar-refractivity contribution is 5.93. The lowest BCUT2D eigenvalue weighted by atomic mass is 10.2. The molecule has 2 rings (SSSR count). The number of carbonyl (C=O) groups excluding carboxylic acids is 1. The summed E-state index contributed by atoms with van der Waals surface area (Å²) in [5.41, 5.74) is 0.776. The number of hydrogen-bond acceptors (Lipinski definition) is 3. The molecular formula is C14H18F3N3O. The van der Waals surface area contributed by atoms with Crippen LogP contribution in [0.5, 0.6) is 0 Å². The molecule has 1 aromatic heterocycles.